The summed E-state index contributed by atoms with van der Waals surface area (Å²) in [6.45, 7) is 10.3. The molecule has 0 saturated carbocycles. The summed E-state index contributed by atoms with van der Waals surface area (Å²) in [6, 6.07) is 3.69. The largest absolute Gasteiger partial charge is 0.460 e. The van der Waals surface area contributed by atoms with Crippen LogP contribution < -0.4 is 5.56 Å². The van der Waals surface area contributed by atoms with Gasteiger partial charge in [0.1, 0.15) is 17.1 Å². The smallest absolute Gasteiger partial charge is 0.291 e. The van der Waals surface area contributed by atoms with Gasteiger partial charge in [0.25, 0.3) is 5.56 Å². The molecule has 1 aliphatic rings. The van der Waals surface area contributed by atoms with Crippen LogP contribution >= 0.6 is 0 Å². The van der Waals surface area contributed by atoms with Crippen LogP contribution in [0.5, 0.6) is 0 Å². The van der Waals surface area contributed by atoms with Gasteiger partial charge in [0.05, 0.1) is 5.52 Å². The van der Waals surface area contributed by atoms with Gasteiger partial charge in [0, 0.05) is 38.2 Å². The van der Waals surface area contributed by atoms with Crippen LogP contribution in [0.2, 0.25) is 0 Å². The molecule has 150 valence electrons. The number of likely N-dealkylation sites (tertiary alicyclic amines) is 1. The van der Waals surface area contributed by atoms with Gasteiger partial charge in [-0.1, -0.05) is 13.8 Å². The summed E-state index contributed by atoms with van der Waals surface area (Å²) in [5, 5.41) is 4.47. The van der Waals surface area contributed by atoms with E-state index in [9.17, 15) is 9.59 Å². The van der Waals surface area contributed by atoms with Gasteiger partial charge in [-0.25, -0.2) is 4.68 Å². The van der Waals surface area contributed by atoms with Crippen molar-refractivity contribution in [1.29, 1.82) is 0 Å². The third-order valence-electron chi connectivity index (χ3n) is 5.64. The Morgan fingerprint density at radius 1 is 1.18 bits per heavy atom. The van der Waals surface area contributed by atoms with Crippen LogP contribution in [0.15, 0.2) is 21.3 Å². The van der Waals surface area contributed by atoms with Gasteiger partial charge in [-0.3, -0.25) is 14.0 Å². The summed E-state index contributed by atoms with van der Waals surface area (Å²) in [5.74, 6) is 2.83. The number of carbonyl (C=O) groups excluding carboxylic acids is 1. The SMILES string of the molecule is Cc1cc2c(cc3c(=O)n(CCCC(=O)N4C[C@H](C)C[C@@H](C)C4)nc(C)n32)o1. The number of aryl methyl sites for hydroxylation is 3. The van der Waals surface area contributed by atoms with E-state index in [0.29, 0.717) is 42.3 Å². The molecule has 0 aliphatic carbocycles. The van der Waals surface area contributed by atoms with E-state index in [1.807, 2.05) is 29.2 Å². The fourth-order valence-corrected chi connectivity index (χ4v) is 4.57. The zero-order valence-corrected chi connectivity index (χ0v) is 17.1. The van der Waals surface area contributed by atoms with Crippen LogP contribution in [-0.2, 0) is 11.3 Å². The lowest BCUT2D eigenvalue weighted by molar-refractivity contribution is -0.134. The Kier molecular flexibility index (Phi) is 4.77. The first-order valence-electron chi connectivity index (χ1n) is 10.1. The molecule has 0 unspecified atom stereocenters. The number of hydrogen-bond acceptors (Lipinski definition) is 4. The van der Waals surface area contributed by atoms with Gasteiger partial charge in [0.2, 0.25) is 5.91 Å². The van der Waals surface area contributed by atoms with Crippen LogP contribution in [0.4, 0.5) is 0 Å². The minimum Gasteiger partial charge on any atom is -0.460 e. The predicted molar refractivity (Wildman–Crippen MR) is 107 cm³/mol. The van der Waals surface area contributed by atoms with E-state index in [2.05, 4.69) is 18.9 Å². The zero-order valence-electron chi connectivity index (χ0n) is 17.1. The Balaban J connectivity index is 1.48. The Morgan fingerprint density at radius 3 is 2.61 bits per heavy atom. The number of carbonyl (C=O) groups is 1. The van der Waals surface area contributed by atoms with E-state index < -0.39 is 0 Å². The second-order valence-corrected chi connectivity index (χ2v) is 8.40. The minimum absolute atomic E-state index is 0.151. The Morgan fingerprint density at radius 2 is 1.89 bits per heavy atom. The van der Waals surface area contributed by atoms with Crippen molar-refractivity contribution in [3.05, 3.63) is 34.1 Å². The standard InChI is InChI=1S/C21H28N4O3/c1-13-8-14(2)12-23(11-13)20(26)6-5-7-24-21(27)18-10-19-17(9-15(3)28-19)25(18)16(4)22-24/h9-10,13-14H,5-8,11-12H2,1-4H3/t13-,14-/m1/s1. The number of furan rings is 1. The Bertz CT molecular complexity index is 1080. The molecule has 28 heavy (non-hydrogen) atoms. The normalized spacial score (nSPS) is 20.4. The summed E-state index contributed by atoms with van der Waals surface area (Å²) in [7, 11) is 0. The lowest BCUT2D eigenvalue weighted by atomic mass is 9.91. The van der Waals surface area contributed by atoms with Crippen LogP contribution in [0.1, 0.15) is 44.7 Å². The van der Waals surface area contributed by atoms with E-state index in [1.54, 1.807) is 6.07 Å². The van der Waals surface area contributed by atoms with Crippen molar-refractivity contribution in [2.75, 3.05) is 13.1 Å². The number of piperidine rings is 1. The lowest BCUT2D eigenvalue weighted by Gasteiger charge is -2.35. The molecular weight excluding hydrogens is 356 g/mol. The second kappa shape index (κ2) is 7.11. The number of nitrogens with zero attached hydrogens (tertiary/aromatic N) is 4. The number of fused-ring (bicyclic) bond motifs is 3. The third kappa shape index (κ3) is 3.34. The molecule has 3 aromatic rings. The summed E-state index contributed by atoms with van der Waals surface area (Å²) >= 11 is 0. The summed E-state index contributed by atoms with van der Waals surface area (Å²) in [4.78, 5) is 27.4. The summed E-state index contributed by atoms with van der Waals surface area (Å²) in [5.41, 5.74) is 1.97. The van der Waals surface area contributed by atoms with Gasteiger partial charge in [-0.05, 0) is 38.5 Å². The van der Waals surface area contributed by atoms with Crippen LogP contribution in [0.25, 0.3) is 16.6 Å². The molecule has 0 radical (unpaired) electrons. The van der Waals surface area contributed by atoms with Gasteiger partial charge >= 0.3 is 0 Å². The molecule has 1 amide bonds. The molecule has 4 rings (SSSR count). The molecule has 7 nitrogen and oxygen atoms in total. The first-order valence-corrected chi connectivity index (χ1v) is 10.1. The predicted octanol–water partition coefficient (Wildman–Crippen LogP) is 3.14. The highest BCUT2D eigenvalue weighted by Gasteiger charge is 2.25. The molecule has 3 aromatic heterocycles. The maximum absolute atomic E-state index is 12.8. The van der Waals surface area contributed by atoms with E-state index in [-0.39, 0.29) is 11.5 Å². The molecule has 1 fully saturated rings. The maximum Gasteiger partial charge on any atom is 0.291 e. The molecule has 0 N–H and O–H groups in total. The molecule has 2 atom stereocenters. The number of hydrogen-bond donors (Lipinski definition) is 0. The molecule has 4 heterocycles. The van der Waals surface area contributed by atoms with Gasteiger partial charge in [0.15, 0.2) is 5.58 Å². The topological polar surface area (TPSA) is 72.8 Å². The average molecular weight is 384 g/mol. The number of aromatic nitrogens is 3. The van der Waals surface area contributed by atoms with E-state index in [4.69, 9.17) is 4.42 Å². The Hall–Kier alpha value is -2.57. The van der Waals surface area contributed by atoms with Crippen LogP contribution in [-0.4, -0.2) is 38.1 Å². The van der Waals surface area contributed by atoms with Gasteiger partial charge < -0.3 is 9.32 Å². The van der Waals surface area contributed by atoms with Crippen molar-refractivity contribution in [2.24, 2.45) is 11.8 Å². The van der Waals surface area contributed by atoms with Crippen molar-refractivity contribution >= 4 is 22.5 Å². The average Bonchev–Trinajstić information content (AvgIpc) is 3.14. The van der Waals surface area contributed by atoms with Crippen molar-refractivity contribution in [3.63, 3.8) is 0 Å². The molecule has 1 saturated heterocycles. The highest BCUT2D eigenvalue weighted by atomic mass is 16.3. The quantitative estimate of drug-likeness (QED) is 0.693. The fourth-order valence-electron chi connectivity index (χ4n) is 4.57. The van der Waals surface area contributed by atoms with Crippen LogP contribution in [0, 0.1) is 25.7 Å². The first-order chi connectivity index (χ1) is 13.3. The molecule has 0 bridgehead atoms. The monoisotopic (exact) mass is 384 g/mol. The molecule has 1 aliphatic heterocycles. The third-order valence-corrected chi connectivity index (χ3v) is 5.64. The minimum atomic E-state index is -0.151. The van der Waals surface area contributed by atoms with Crippen LogP contribution in [0.3, 0.4) is 0 Å². The molecule has 0 aromatic carbocycles. The van der Waals surface area contributed by atoms with Gasteiger partial charge in [-0.15, -0.1) is 0 Å². The number of rotatable bonds is 4. The zero-order chi connectivity index (χ0) is 20.0. The molecule has 7 heteroatoms. The summed E-state index contributed by atoms with van der Waals surface area (Å²) in [6.07, 6.45) is 2.24. The van der Waals surface area contributed by atoms with Crippen molar-refractivity contribution in [2.45, 2.75) is 53.5 Å². The first kappa shape index (κ1) is 18.8. The van der Waals surface area contributed by atoms with E-state index in [1.165, 1.54) is 11.1 Å². The fraction of sp³-hybridized carbons (Fsp3) is 0.571. The Labute approximate surface area is 163 Å². The lowest BCUT2D eigenvalue weighted by Crippen LogP contribution is -2.42. The van der Waals surface area contributed by atoms with Crippen molar-refractivity contribution < 1.29 is 9.21 Å². The van der Waals surface area contributed by atoms with Crippen molar-refractivity contribution in [1.82, 2.24) is 19.1 Å². The maximum atomic E-state index is 12.8. The highest BCUT2D eigenvalue weighted by Crippen LogP contribution is 2.23. The van der Waals surface area contributed by atoms with Gasteiger partial charge in [-0.2, -0.15) is 5.10 Å². The molecular formula is C21H28N4O3. The van der Waals surface area contributed by atoms with E-state index in [0.717, 1.165) is 30.2 Å². The molecule has 0 spiro atoms. The highest BCUT2D eigenvalue weighted by molar-refractivity contribution is 5.83. The van der Waals surface area contributed by atoms with Crippen molar-refractivity contribution in [3.8, 4) is 0 Å². The van der Waals surface area contributed by atoms with E-state index >= 15 is 0 Å². The summed E-state index contributed by atoms with van der Waals surface area (Å²) < 4.78 is 8.97. The second-order valence-electron chi connectivity index (χ2n) is 8.40. The number of amides is 1.